The number of hydrogen-bond donors (Lipinski definition) is 6. The molecule has 0 spiro atoms. The third-order valence-corrected chi connectivity index (χ3v) is 3.91. The number of phenolic OH excluding ortho intramolecular Hbond substituents is 1. The Hall–Kier alpha value is -2.79. The van der Waals surface area contributed by atoms with Crippen molar-refractivity contribution in [1.82, 2.24) is 5.32 Å². The van der Waals surface area contributed by atoms with Crippen LogP contribution in [0.15, 0.2) is 24.3 Å². The van der Waals surface area contributed by atoms with E-state index in [2.05, 4.69) is 17.9 Å². The molecule has 0 saturated carbocycles. The van der Waals surface area contributed by atoms with Gasteiger partial charge in [0.2, 0.25) is 5.91 Å². The number of thiol groups is 1. The lowest BCUT2D eigenvalue weighted by Gasteiger charge is -2.26. The number of nitrogens with two attached hydrogens (primary N) is 1. The van der Waals surface area contributed by atoms with Gasteiger partial charge in [-0.05, 0) is 18.6 Å². The molecule has 0 heterocycles. The van der Waals surface area contributed by atoms with Crippen LogP contribution in [0.25, 0.3) is 0 Å². The molecule has 0 bridgehead atoms. The van der Waals surface area contributed by atoms with Gasteiger partial charge in [0.05, 0.1) is 5.69 Å². The van der Waals surface area contributed by atoms with Crippen LogP contribution in [-0.4, -0.2) is 63.5 Å². The molecule has 0 aliphatic rings. The zero-order chi connectivity index (χ0) is 20.6. The van der Waals surface area contributed by atoms with Gasteiger partial charge in [-0.25, -0.2) is 0 Å². The summed E-state index contributed by atoms with van der Waals surface area (Å²) in [5.74, 6) is -4.43. The van der Waals surface area contributed by atoms with E-state index in [0.717, 1.165) is 4.90 Å². The van der Waals surface area contributed by atoms with Crippen LogP contribution in [0.1, 0.15) is 12.8 Å². The number of hydrogen-bond acceptors (Lipinski definition) is 7. The van der Waals surface area contributed by atoms with Crippen LogP contribution in [0.2, 0.25) is 0 Å². The Morgan fingerprint density at radius 1 is 1.19 bits per heavy atom. The van der Waals surface area contributed by atoms with Crippen molar-refractivity contribution in [1.29, 1.82) is 0 Å². The molecule has 0 radical (unpaired) electrons. The van der Waals surface area contributed by atoms with Gasteiger partial charge in [-0.3, -0.25) is 24.1 Å². The molecule has 6 N–H and O–H groups in total. The zero-order valence-corrected chi connectivity index (χ0v) is 15.1. The molecule has 11 heteroatoms. The van der Waals surface area contributed by atoms with E-state index in [0.29, 0.717) is 0 Å². The molecule has 2 unspecified atom stereocenters. The van der Waals surface area contributed by atoms with Crippen LogP contribution in [0.3, 0.4) is 0 Å². The lowest BCUT2D eigenvalue weighted by Crippen LogP contribution is -2.51. The van der Waals surface area contributed by atoms with Gasteiger partial charge in [-0.1, -0.05) is 12.1 Å². The van der Waals surface area contributed by atoms with Gasteiger partial charge in [0.15, 0.2) is 0 Å². The molecule has 27 heavy (non-hydrogen) atoms. The van der Waals surface area contributed by atoms with Crippen molar-refractivity contribution >= 4 is 42.1 Å². The summed E-state index contributed by atoms with van der Waals surface area (Å²) in [6.45, 7) is -0.736. The number of para-hydroxylation sites is 2. The highest BCUT2D eigenvalue weighted by molar-refractivity contribution is 7.80. The van der Waals surface area contributed by atoms with Crippen LogP contribution >= 0.6 is 12.6 Å². The standard InChI is InChI=1S/C16H21N3O7S/c17-9(16(25)26)5-6-13(21)18-10(8-27)15(24)19(7-14(22)23)11-3-1-2-4-12(11)20/h1-4,9-10,20,27H,5-8,17H2,(H,18,21)(H,22,23)(H,25,26). The minimum Gasteiger partial charge on any atom is -0.506 e. The highest BCUT2D eigenvalue weighted by atomic mass is 32.1. The number of carbonyl (C=O) groups excluding carboxylic acids is 2. The molecule has 2 atom stereocenters. The molecule has 1 aromatic carbocycles. The fraction of sp³-hybridized carbons (Fsp3) is 0.375. The summed E-state index contributed by atoms with van der Waals surface area (Å²) in [5, 5.41) is 30.1. The Morgan fingerprint density at radius 2 is 1.81 bits per heavy atom. The van der Waals surface area contributed by atoms with Gasteiger partial charge in [-0.2, -0.15) is 12.6 Å². The van der Waals surface area contributed by atoms with Crippen LogP contribution in [-0.2, 0) is 19.2 Å². The summed E-state index contributed by atoms with van der Waals surface area (Å²) in [4.78, 5) is 47.3. The summed E-state index contributed by atoms with van der Waals surface area (Å²) < 4.78 is 0. The van der Waals surface area contributed by atoms with Gasteiger partial charge in [0.25, 0.3) is 5.91 Å². The minimum atomic E-state index is -1.32. The SMILES string of the molecule is NC(CCC(=O)NC(CS)C(=O)N(CC(=O)O)c1ccccc1O)C(=O)O. The van der Waals surface area contributed by atoms with Crippen LogP contribution < -0.4 is 16.0 Å². The van der Waals surface area contributed by atoms with E-state index < -0.39 is 42.4 Å². The fourth-order valence-electron chi connectivity index (χ4n) is 2.16. The quantitative estimate of drug-likeness (QED) is 0.284. The second-order valence-corrected chi connectivity index (χ2v) is 5.96. The number of carboxylic acid groups (broad SMARTS) is 2. The van der Waals surface area contributed by atoms with Crippen molar-refractivity contribution in [2.45, 2.75) is 24.9 Å². The smallest absolute Gasteiger partial charge is 0.323 e. The van der Waals surface area contributed by atoms with E-state index >= 15 is 0 Å². The normalized spacial score (nSPS) is 12.7. The Kier molecular flexibility index (Phi) is 8.56. The molecular formula is C16H21N3O7S. The third-order valence-electron chi connectivity index (χ3n) is 3.55. The number of carboxylic acids is 2. The molecule has 0 aliphatic carbocycles. The maximum absolute atomic E-state index is 12.7. The molecule has 10 nitrogen and oxygen atoms in total. The average Bonchev–Trinajstić information content (AvgIpc) is 2.62. The first-order valence-electron chi connectivity index (χ1n) is 7.87. The lowest BCUT2D eigenvalue weighted by atomic mass is 10.1. The first-order valence-corrected chi connectivity index (χ1v) is 8.50. The summed E-state index contributed by atoms with van der Waals surface area (Å²) in [7, 11) is 0. The van der Waals surface area contributed by atoms with E-state index in [1.165, 1.54) is 24.3 Å². The van der Waals surface area contributed by atoms with Gasteiger partial charge in [0, 0.05) is 12.2 Å². The van der Waals surface area contributed by atoms with Crippen molar-refractivity contribution in [3.8, 4) is 5.75 Å². The predicted octanol–water partition coefficient (Wildman–Crippen LogP) is -0.583. The zero-order valence-electron chi connectivity index (χ0n) is 14.2. The van der Waals surface area contributed by atoms with Gasteiger partial charge < -0.3 is 26.4 Å². The summed E-state index contributed by atoms with van der Waals surface area (Å²) >= 11 is 4.00. The molecule has 0 fully saturated rings. The molecule has 0 aliphatic heterocycles. The van der Waals surface area contributed by atoms with Crippen LogP contribution in [0, 0.1) is 0 Å². The van der Waals surface area contributed by atoms with E-state index in [1.54, 1.807) is 0 Å². The fourth-order valence-corrected chi connectivity index (χ4v) is 2.41. The number of aliphatic carboxylic acids is 2. The Morgan fingerprint density at radius 3 is 2.33 bits per heavy atom. The second-order valence-electron chi connectivity index (χ2n) is 5.59. The minimum absolute atomic E-state index is 0.0289. The van der Waals surface area contributed by atoms with E-state index in [9.17, 15) is 24.3 Å². The van der Waals surface area contributed by atoms with Crippen molar-refractivity contribution < 1.29 is 34.5 Å². The van der Waals surface area contributed by atoms with Gasteiger partial charge in [0.1, 0.15) is 24.4 Å². The number of amides is 2. The maximum atomic E-state index is 12.7. The largest absolute Gasteiger partial charge is 0.506 e. The predicted molar refractivity (Wildman–Crippen MR) is 98.7 cm³/mol. The van der Waals surface area contributed by atoms with Crippen molar-refractivity contribution in [3.05, 3.63) is 24.3 Å². The van der Waals surface area contributed by atoms with E-state index in [4.69, 9.17) is 15.9 Å². The third kappa shape index (κ3) is 6.79. The van der Waals surface area contributed by atoms with Crippen LogP contribution in [0.5, 0.6) is 5.75 Å². The molecule has 1 aromatic rings. The van der Waals surface area contributed by atoms with E-state index in [-0.39, 0.29) is 30.0 Å². The Labute approximate surface area is 160 Å². The number of aromatic hydroxyl groups is 1. The van der Waals surface area contributed by atoms with Crippen LogP contribution in [0.4, 0.5) is 5.69 Å². The summed E-state index contributed by atoms with van der Waals surface area (Å²) in [6.07, 6.45) is -0.368. The molecular weight excluding hydrogens is 378 g/mol. The van der Waals surface area contributed by atoms with Crippen molar-refractivity contribution in [3.63, 3.8) is 0 Å². The topological polar surface area (TPSA) is 170 Å². The molecule has 1 rings (SSSR count). The molecule has 2 amide bonds. The molecule has 0 aromatic heterocycles. The van der Waals surface area contributed by atoms with Gasteiger partial charge >= 0.3 is 11.9 Å². The maximum Gasteiger partial charge on any atom is 0.323 e. The van der Waals surface area contributed by atoms with Crippen molar-refractivity contribution in [2.75, 3.05) is 17.2 Å². The number of phenols is 1. The highest BCUT2D eigenvalue weighted by Gasteiger charge is 2.29. The number of benzene rings is 1. The average molecular weight is 399 g/mol. The monoisotopic (exact) mass is 399 g/mol. The van der Waals surface area contributed by atoms with Gasteiger partial charge in [-0.15, -0.1) is 0 Å². The second kappa shape index (κ2) is 10.4. The number of nitrogens with one attached hydrogen (secondary N) is 1. The first-order chi connectivity index (χ1) is 12.7. The number of carbonyl (C=O) groups is 4. The Balaban J connectivity index is 2.91. The molecule has 148 valence electrons. The summed E-state index contributed by atoms with van der Waals surface area (Å²) in [6, 6.07) is 3.27. The Bertz CT molecular complexity index is 713. The first kappa shape index (κ1) is 22.3. The highest BCUT2D eigenvalue weighted by Crippen LogP contribution is 2.27. The number of rotatable bonds is 10. The molecule has 0 saturated heterocycles. The summed E-state index contributed by atoms with van der Waals surface area (Å²) in [5.41, 5.74) is 5.29. The van der Waals surface area contributed by atoms with Crippen molar-refractivity contribution in [2.24, 2.45) is 5.73 Å². The lowest BCUT2D eigenvalue weighted by molar-refractivity contribution is -0.139. The van der Waals surface area contributed by atoms with E-state index in [1.807, 2.05) is 0 Å². The number of nitrogens with zero attached hydrogens (tertiary/aromatic N) is 1. The number of anilines is 1.